The number of epoxide rings is 1. The molecule has 166 valence electrons. The summed E-state index contributed by atoms with van der Waals surface area (Å²) in [5.41, 5.74) is 1.01. The minimum atomic E-state index is -0.748. The van der Waals surface area contributed by atoms with Crippen LogP contribution in [0.15, 0.2) is 47.6 Å². The van der Waals surface area contributed by atoms with Gasteiger partial charge in [0.15, 0.2) is 6.10 Å². The van der Waals surface area contributed by atoms with Gasteiger partial charge in [0, 0.05) is 17.9 Å². The predicted octanol–water partition coefficient (Wildman–Crippen LogP) is 4.47. The Morgan fingerprint density at radius 3 is 2.47 bits per heavy atom. The molecular weight excluding hydrogens is 380 g/mol. The maximum absolute atomic E-state index is 12.7. The molecule has 0 saturated carbocycles. The van der Waals surface area contributed by atoms with Crippen LogP contribution in [0.2, 0.25) is 0 Å². The average Bonchev–Trinajstić information content (AvgIpc) is 3.28. The van der Waals surface area contributed by atoms with Crippen LogP contribution in [0.3, 0.4) is 0 Å². The van der Waals surface area contributed by atoms with E-state index in [2.05, 4.69) is 26.8 Å². The maximum atomic E-state index is 12.7. The molecule has 2 aliphatic rings. The number of rotatable bonds is 6. The number of aliphatic hydroxyl groups excluding tert-OH is 1. The highest BCUT2D eigenvalue weighted by Gasteiger charge is 2.59. The largest absolute Gasteiger partial charge is 0.452 e. The van der Waals surface area contributed by atoms with E-state index >= 15 is 0 Å². The minimum absolute atomic E-state index is 0.0644. The van der Waals surface area contributed by atoms with Gasteiger partial charge in [0.2, 0.25) is 0 Å². The smallest absolute Gasteiger partial charge is 0.331 e. The summed E-state index contributed by atoms with van der Waals surface area (Å²) in [6.07, 6.45) is 12.3. The second-order valence-electron chi connectivity index (χ2n) is 9.37. The second-order valence-corrected chi connectivity index (χ2v) is 9.37. The molecular formula is C25H36O5. The number of hydrogen-bond donors (Lipinski definition) is 1. The van der Waals surface area contributed by atoms with Crippen LogP contribution in [-0.4, -0.2) is 41.3 Å². The van der Waals surface area contributed by atoms with Gasteiger partial charge in [0.25, 0.3) is 0 Å². The molecule has 0 radical (unpaired) electrons. The van der Waals surface area contributed by atoms with Crippen molar-refractivity contribution in [2.24, 2.45) is 11.3 Å². The van der Waals surface area contributed by atoms with Crippen molar-refractivity contribution < 1.29 is 24.2 Å². The van der Waals surface area contributed by atoms with Gasteiger partial charge in [-0.05, 0) is 53.5 Å². The number of ether oxygens (including phenoxy) is 2. The number of allylic oxidation sites excluding steroid dienone is 5. The van der Waals surface area contributed by atoms with Crippen molar-refractivity contribution in [1.82, 2.24) is 0 Å². The number of fused-ring (bicyclic) bond motifs is 1. The quantitative estimate of drug-likeness (QED) is 0.299. The van der Waals surface area contributed by atoms with E-state index in [-0.39, 0.29) is 30.3 Å². The van der Waals surface area contributed by atoms with Gasteiger partial charge in [-0.25, -0.2) is 4.79 Å². The molecule has 0 aromatic carbocycles. The third-order valence-electron chi connectivity index (χ3n) is 5.79. The molecule has 0 aromatic heterocycles. The van der Waals surface area contributed by atoms with Crippen LogP contribution in [0, 0.1) is 11.3 Å². The van der Waals surface area contributed by atoms with Crippen LogP contribution in [0.5, 0.6) is 0 Å². The fourth-order valence-corrected chi connectivity index (χ4v) is 3.65. The average molecular weight is 417 g/mol. The Morgan fingerprint density at radius 1 is 1.20 bits per heavy atom. The fourth-order valence-electron chi connectivity index (χ4n) is 3.65. The van der Waals surface area contributed by atoms with Crippen LogP contribution in [-0.2, 0) is 19.1 Å². The SMILES string of the molecule is CC(C)=CCC[C@@]1(C)C=CC(CO)C(=O)C[C@H]2O[C@@]2(C)[C@H](OC(=O)C=C(C)C)C=C1. The molecule has 5 atom stereocenters. The van der Waals surface area contributed by atoms with Gasteiger partial charge < -0.3 is 14.6 Å². The lowest BCUT2D eigenvalue weighted by atomic mass is 9.82. The summed E-state index contributed by atoms with van der Waals surface area (Å²) >= 11 is 0. The van der Waals surface area contributed by atoms with E-state index in [9.17, 15) is 14.7 Å². The molecule has 5 heteroatoms. The van der Waals surface area contributed by atoms with Gasteiger partial charge in [0.1, 0.15) is 11.4 Å². The zero-order chi connectivity index (χ0) is 22.5. The first kappa shape index (κ1) is 24.3. The first-order valence-corrected chi connectivity index (χ1v) is 10.7. The summed E-state index contributed by atoms with van der Waals surface area (Å²) in [4.78, 5) is 25.0. The van der Waals surface area contributed by atoms with Crippen molar-refractivity contribution in [3.05, 3.63) is 47.6 Å². The van der Waals surface area contributed by atoms with Crippen LogP contribution in [0.4, 0.5) is 0 Å². The van der Waals surface area contributed by atoms with E-state index in [1.807, 2.05) is 45.1 Å². The van der Waals surface area contributed by atoms with Crippen molar-refractivity contribution in [3.8, 4) is 0 Å². The molecule has 0 spiro atoms. The third kappa shape index (κ3) is 6.51. The lowest BCUT2D eigenvalue weighted by Gasteiger charge is -2.24. The van der Waals surface area contributed by atoms with E-state index in [4.69, 9.17) is 9.47 Å². The molecule has 0 bridgehead atoms. The lowest BCUT2D eigenvalue weighted by Crippen LogP contribution is -2.33. The number of esters is 1. The predicted molar refractivity (Wildman–Crippen MR) is 118 cm³/mol. The monoisotopic (exact) mass is 416 g/mol. The molecule has 1 aliphatic heterocycles. The van der Waals surface area contributed by atoms with Gasteiger partial charge in [-0.1, -0.05) is 42.4 Å². The lowest BCUT2D eigenvalue weighted by molar-refractivity contribution is -0.143. The van der Waals surface area contributed by atoms with Gasteiger partial charge in [-0.3, -0.25) is 4.79 Å². The molecule has 30 heavy (non-hydrogen) atoms. The van der Waals surface area contributed by atoms with Gasteiger partial charge >= 0.3 is 5.97 Å². The summed E-state index contributed by atoms with van der Waals surface area (Å²) < 4.78 is 11.6. The summed E-state index contributed by atoms with van der Waals surface area (Å²) in [7, 11) is 0. The van der Waals surface area contributed by atoms with E-state index in [1.165, 1.54) is 11.6 Å². The van der Waals surface area contributed by atoms with E-state index in [1.54, 1.807) is 0 Å². The van der Waals surface area contributed by atoms with Crippen LogP contribution in [0.25, 0.3) is 0 Å². The van der Waals surface area contributed by atoms with Gasteiger partial charge in [0.05, 0.1) is 18.6 Å². The molecule has 1 N–H and O–H groups in total. The fraction of sp³-hybridized carbons (Fsp3) is 0.600. The number of ketones is 1. The van der Waals surface area contributed by atoms with E-state index < -0.39 is 23.6 Å². The Kier molecular flexibility index (Phi) is 8.00. The Labute approximate surface area is 180 Å². The number of aliphatic hydroxyl groups is 1. The van der Waals surface area contributed by atoms with Gasteiger partial charge in [-0.15, -0.1) is 0 Å². The van der Waals surface area contributed by atoms with Crippen LogP contribution >= 0.6 is 0 Å². The Morgan fingerprint density at radius 2 is 1.87 bits per heavy atom. The Balaban J connectivity index is 2.37. The minimum Gasteiger partial charge on any atom is -0.452 e. The molecule has 0 aromatic rings. The zero-order valence-corrected chi connectivity index (χ0v) is 19.1. The highest BCUT2D eigenvalue weighted by molar-refractivity contribution is 5.84. The zero-order valence-electron chi connectivity index (χ0n) is 19.1. The van der Waals surface area contributed by atoms with Crippen molar-refractivity contribution >= 4 is 11.8 Å². The van der Waals surface area contributed by atoms with Crippen LogP contribution in [0.1, 0.15) is 60.8 Å². The second kappa shape index (κ2) is 9.88. The number of carbonyl (C=O) groups excluding carboxylic acids is 2. The first-order valence-electron chi connectivity index (χ1n) is 10.7. The van der Waals surface area contributed by atoms with E-state index in [0.29, 0.717) is 0 Å². The maximum Gasteiger partial charge on any atom is 0.331 e. The molecule has 2 rings (SSSR count). The summed E-state index contributed by atoms with van der Waals surface area (Å²) in [6.45, 7) is 11.5. The van der Waals surface area contributed by atoms with E-state index in [0.717, 1.165) is 18.4 Å². The van der Waals surface area contributed by atoms with Crippen molar-refractivity contribution in [1.29, 1.82) is 0 Å². The molecule has 1 fully saturated rings. The third-order valence-corrected chi connectivity index (χ3v) is 5.79. The van der Waals surface area contributed by atoms with Crippen molar-refractivity contribution in [2.75, 3.05) is 6.61 Å². The molecule has 1 unspecified atom stereocenters. The topological polar surface area (TPSA) is 76.1 Å². The number of carbonyl (C=O) groups is 2. The molecule has 0 amide bonds. The molecule has 1 saturated heterocycles. The summed E-state index contributed by atoms with van der Waals surface area (Å²) in [5, 5.41) is 9.73. The highest BCUT2D eigenvalue weighted by Crippen LogP contribution is 2.45. The van der Waals surface area contributed by atoms with Gasteiger partial charge in [-0.2, -0.15) is 0 Å². The normalized spacial score (nSPS) is 33.2. The van der Waals surface area contributed by atoms with Crippen LogP contribution < -0.4 is 0 Å². The molecule has 5 nitrogen and oxygen atoms in total. The first-order chi connectivity index (χ1) is 14.0. The van der Waals surface area contributed by atoms with Crippen molar-refractivity contribution in [3.63, 3.8) is 0 Å². The summed E-state index contributed by atoms with van der Waals surface area (Å²) in [5.74, 6) is -1.04. The molecule has 1 aliphatic carbocycles. The molecule has 1 heterocycles. The Hall–Kier alpha value is -1.98. The Bertz CT molecular complexity index is 766. The van der Waals surface area contributed by atoms with Crippen molar-refractivity contribution in [2.45, 2.75) is 78.6 Å². The standard InChI is InChI=1S/C25H36O5/c1-17(2)8-7-11-24(5)12-9-19(16-26)20(27)15-22-25(6,30-22)21(10-13-24)29-23(28)14-18(3)4/h8-10,12-14,19,21-22,26H,7,11,15-16H2,1-6H3/t19?,21-,22-,24+,25+/m1/s1. The number of hydrogen-bond acceptors (Lipinski definition) is 5. The highest BCUT2D eigenvalue weighted by atomic mass is 16.6. The summed E-state index contributed by atoms with van der Waals surface area (Å²) in [6, 6.07) is 0. The number of Topliss-reactive ketones (excluding diaryl/α,β-unsaturated/α-hetero) is 1.